The Labute approximate surface area is 218 Å². The molecule has 5 rings (SSSR count). The molecule has 2 heterocycles. The minimum absolute atomic E-state index is 0.0162. The smallest absolute Gasteiger partial charge is 0.266 e. The SMILES string of the molecule is CO[C@@H]1c2cc(N3C(=O)c4ccccc4Oc4ccccc43)ccc2O[C@H](C(CCO)[Si](C)(C)O)[C@H]1C. The van der Waals surface area contributed by atoms with Gasteiger partial charge in [0, 0.05) is 30.7 Å². The first-order chi connectivity index (χ1) is 17.7. The monoisotopic (exact) mass is 519 g/mol. The summed E-state index contributed by atoms with van der Waals surface area (Å²) in [6, 6.07) is 20.4. The lowest BCUT2D eigenvalue weighted by atomic mass is 9.86. The summed E-state index contributed by atoms with van der Waals surface area (Å²) in [4.78, 5) is 26.5. The number of methoxy groups -OCH3 is 1. The molecule has 2 aliphatic heterocycles. The first-order valence-corrected chi connectivity index (χ1v) is 15.6. The number of rotatable bonds is 6. The van der Waals surface area contributed by atoms with Gasteiger partial charge in [0.05, 0.1) is 23.0 Å². The van der Waals surface area contributed by atoms with Gasteiger partial charge in [0.1, 0.15) is 17.6 Å². The van der Waals surface area contributed by atoms with Crippen LogP contribution in [-0.4, -0.2) is 43.9 Å². The molecule has 0 saturated carbocycles. The molecule has 0 bridgehead atoms. The molecule has 0 aliphatic carbocycles. The molecule has 0 fully saturated rings. The summed E-state index contributed by atoms with van der Waals surface area (Å²) >= 11 is 0. The van der Waals surface area contributed by atoms with Crippen molar-refractivity contribution in [2.75, 3.05) is 18.6 Å². The van der Waals surface area contributed by atoms with Crippen LogP contribution in [0.1, 0.15) is 35.4 Å². The van der Waals surface area contributed by atoms with Crippen molar-refractivity contribution in [2.45, 2.75) is 44.2 Å². The second-order valence-electron chi connectivity index (χ2n) is 10.3. The fraction of sp³-hybridized carbons (Fsp3) is 0.345. The number of carbonyl (C=O) groups excluding carboxylic acids is 1. The summed E-state index contributed by atoms with van der Waals surface area (Å²) in [6.45, 7) is 5.80. The maximum atomic E-state index is 13.8. The number of aliphatic hydroxyl groups excluding tert-OH is 1. The van der Waals surface area contributed by atoms with E-state index in [9.17, 15) is 14.7 Å². The summed E-state index contributed by atoms with van der Waals surface area (Å²) in [7, 11) is -0.968. The average molecular weight is 520 g/mol. The van der Waals surface area contributed by atoms with Crippen LogP contribution in [0.15, 0.2) is 66.7 Å². The minimum Gasteiger partial charge on any atom is -0.490 e. The highest BCUT2D eigenvalue weighted by Crippen LogP contribution is 2.49. The number of ether oxygens (including phenoxy) is 3. The van der Waals surface area contributed by atoms with E-state index in [0.717, 1.165) is 5.56 Å². The average Bonchev–Trinajstić information content (AvgIpc) is 3.00. The van der Waals surface area contributed by atoms with Crippen molar-refractivity contribution < 1.29 is 28.9 Å². The topological polar surface area (TPSA) is 88.5 Å². The van der Waals surface area contributed by atoms with E-state index in [-0.39, 0.29) is 36.2 Å². The van der Waals surface area contributed by atoms with Crippen molar-refractivity contribution in [1.82, 2.24) is 0 Å². The third-order valence-corrected chi connectivity index (χ3v) is 9.89. The van der Waals surface area contributed by atoms with Gasteiger partial charge in [-0.05, 0) is 62.0 Å². The highest BCUT2D eigenvalue weighted by molar-refractivity contribution is 6.71. The quantitative estimate of drug-likeness (QED) is 0.400. The summed E-state index contributed by atoms with van der Waals surface area (Å²) in [5.74, 6) is 1.49. The van der Waals surface area contributed by atoms with Crippen molar-refractivity contribution in [2.24, 2.45) is 5.92 Å². The van der Waals surface area contributed by atoms with Crippen molar-refractivity contribution in [3.05, 3.63) is 77.9 Å². The summed E-state index contributed by atoms with van der Waals surface area (Å²) in [5.41, 5.74) is 2.48. The first-order valence-electron chi connectivity index (χ1n) is 12.6. The van der Waals surface area contributed by atoms with E-state index >= 15 is 0 Å². The van der Waals surface area contributed by atoms with Gasteiger partial charge < -0.3 is 24.1 Å². The number of hydrogen-bond acceptors (Lipinski definition) is 6. The molecule has 4 atom stereocenters. The summed E-state index contributed by atoms with van der Waals surface area (Å²) in [6.07, 6.45) is -0.150. The molecule has 3 aromatic rings. The van der Waals surface area contributed by atoms with Crippen LogP contribution in [0.5, 0.6) is 17.2 Å². The van der Waals surface area contributed by atoms with E-state index < -0.39 is 8.32 Å². The third-order valence-electron chi connectivity index (χ3n) is 7.46. The van der Waals surface area contributed by atoms with Crippen LogP contribution in [-0.2, 0) is 4.74 Å². The number of nitrogens with zero attached hydrogens (tertiary/aromatic N) is 1. The lowest BCUT2D eigenvalue weighted by Gasteiger charge is -2.44. The van der Waals surface area contributed by atoms with Crippen molar-refractivity contribution in [1.29, 1.82) is 0 Å². The summed E-state index contributed by atoms with van der Waals surface area (Å²) in [5, 5.41) is 9.69. The predicted octanol–water partition coefficient (Wildman–Crippen LogP) is 5.81. The zero-order chi connectivity index (χ0) is 26.3. The van der Waals surface area contributed by atoms with E-state index in [1.165, 1.54) is 0 Å². The van der Waals surface area contributed by atoms with Crippen LogP contribution in [0.3, 0.4) is 0 Å². The Morgan fingerprint density at radius 1 is 1.03 bits per heavy atom. The normalized spacial score (nSPS) is 21.6. The number of benzene rings is 3. The molecule has 0 spiro atoms. The molecule has 194 valence electrons. The molecule has 37 heavy (non-hydrogen) atoms. The second-order valence-corrected chi connectivity index (χ2v) is 14.3. The van der Waals surface area contributed by atoms with E-state index in [0.29, 0.717) is 40.6 Å². The fourth-order valence-electron chi connectivity index (χ4n) is 5.63. The van der Waals surface area contributed by atoms with Gasteiger partial charge in [-0.25, -0.2) is 0 Å². The number of amides is 1. The molecule has 2 aliphatic rings. The van der Waals surface area contributed by atoms with Gasteiger partial charge in [-0.1, -0.05) is 31.2 Å². The molecule has 8 heteroatoms. The molecular formula is C29H33NO6Si. The molecule has 1 unspecified atom stereocenters. The summed E-state index contributed by atoms with van der Waals surface area (Å²) < 4.78 is 18.6. The standard InChI is InChI=1S/C29H33NO6Si/c1-18-27(34-2)21-17-19(13-14-24(21)36-28(18)26(15-16-31)37(3,4)33)30-22-10-6-8-12-25(22)35-23-11-7-5-9-20(23)29(30)32/h5-14,17-18,26-28,31,33H,15-16H2,1-4H3/t18-,26?,27-,28-/m0/s1. The molecular weight excluding hydrogens is 486 g/mol. The second kappa shape index (κ2) is 9.94. The van der Waals surface area contributed by atoms with E-state index in [1.54, 1.807) is 24.1 Å². The van der Waals surface area contributed by atoms with Crippen LogP contribution < -0.4 is 14.4 Å². The van der Waals surface area contributed by atoms with Gasteiger partial charge >= 0.3 is 0 Å². The zero-order valence-electron chi connectivity index (χ0n) is 21.5. The lowest BCUT2D eigenvalue weighted by Crippen LogP contribution is -2.48. The number of carbonyl (C=O) groups is 1. The molecule has 1 amide bonds. The maximum absolute atomic E-state index is 13.8. The highest BCUT2D eigenvalue weighted by Gasteiger charge is 2.46. The Balaban J connectivity index is 1.60. The molecule has 7 nitrogen and oxygen atoms in total. The number of aliphatic hydroxyl groups is 1. The number of hydrogen-bond donors (Lipinski definition) is 2. The van der Waals surface area contributed by atoms with Crippen LogP contribution in [0.25, 0.3) is 0 Å². The Bertz CT molecular complexity index is 1310. The molecule has 2 N–H and O–H groups in total. The predicted molar refractivity (Wildman–Crippen MR) is 144 cm³/mol. The van der Waals surface area contributed by atoms with Gasteiger partial charge in [0.25, 0.3) is 5.91 Å². The van der Waals surface area contributed by atoms with Gasteiger partial charge in [-0.2, -0.15) is 0 Å². The zero-order valence-corrected chi connectivity index (χ0v) is 22.5. The number of fused-ring (bicyclic) bond motifs is 3. The van der Waals surface area contributed by atoms with Crippen LogP contribution in [0.2, 0.25) is 18.6 Å². The Morgan fingerprint density at radius 2 is 1.73 bits per heavy atom. The fourth-order valence-corrected chi connectivity index (χ4v) is 7.64. The van der Waals surface area contributed by atoms with Gasteiger partial charge in [-0.15, -0.1) is 0 Å². The molecule has 0 aromatic heterocycles. The molecule has 0 saturated heterocycles. The Hall–Kier alpha value is -3.17. The van der Waals surface area contributed by atoms with Crippen LogP contribution in [0.4, 0.5) is 11.4 Å². The van der Waals surface area contributed by atoms with Crippen LogP contribution >= 0.6 is 0 Å². The van der Waals surface area contributed by atoms with Gasteiger partial charge in [-0.3, -0.25) is 9.69 Å². The van der Waals surface area contributed by atoms with E-state index in [2.05, 4.69) is 6.92 Å². The lowest BCUT2D eigenvalue weighted by molar-refractivity contribution is -0.0255. The Kier molecular flexibility index (Phi) is 6.85. The first kappa shape index (κ1) is 25.5. The molecule has 3 aromatic carbocycles. The van der Waals surface area contributed by atoms with Crippen molar-refractivity contribution in [3.63, 3.8) is 0 Å². The largest absolute Gasteiger partial charge is 0.490 e. The number of para-hydroxylation sites is 3. The van der Waals surface area contributed by atoms with E-state index in [4.69, 9.17) is 14.2 Å². The number of anilines is 2. The van der Waals surface area contributed by atoms with Crippen LogP contribution in [0, 0.1) is 5.92 Å². The maximum Gasteiger partial charge on any atom is 0.266 e. The van der Waals surface area contributed by atoms with E-state index in [1.807, 2.05) is 67.7 Å². The molecule has 0 radical (unpaired) electrons. The highest BCUT2D eigenvalue weighted by atomic mass is 28.4. The minimum atomic E-state index is -2.63. The third kappa shape index (κ3) is 4.55. The van der Waals surface area contributed by atoms with Crippen molar-refractivity contribution >= 4 is 25.6 Å². The van der Waals surface area contributed by atoms with Crippen molar-refractivity contribution in [3.8, 4) is 17.2 Å². The van der Waals surface area contributed by atoms with Gasteiger partial charge in [0.2, 0.25) is 0 Å². The Morgan fingerprint density at radius 3 is 2.43 bits per heavy atom. The van der Waals surface area contributed by atoms with Gasteiger partial charge in [0.15, 0.2) is 14.1 Å².